The minimum absolute atomic E-state index is 0.144. The second kappa shape index (κ2) is 10.1. The molecule has 0 radical (unpaired) electrons. The first-order valence-electron chi connectivity index (χ1n) is 11.6. The molecule has 2 N–H and O–H groups in total. The maximum Gasteiger partial charge on any atom is 0.289 e. The quantitative estimate of drug-likeness (QED) is 0.546. The second-order valence-corrected chi connectivity index (χ2v) is 8.59. The van der Waals surface area contributed by atoms with Crippen molar-refractivity contribution in [2.24, 2.45) is 0 Å². The lowest BCUT2D eigenvalue weighted by molar-refractivity contribution is -0.117. The molecule has 0 spiro atoms. The third-order valence-corrected chi connectivity index (χ3v) is 6.05. The lowest BCUT2D eigenvalue weighted by Crippen LogP contribution is -2.50. The van der Waals surface area contributed by atoms with Crippen molar-refractivity contribution in [3.8, 4) is 11.5 Å². The predicted molar refractivity (Wildman–Crippen MR) is 131 cm³/mol. The highest BCUT2D eigenvalue weighted by Gasteiger charge is 2.25. The van der Waals surface area contributed by atoms with Crippen molar-refractivity contribution in [2.45, 2.75) is 6.92 Å². The molecule has 0 unspecified atom stereocenters. The summed E-state index contributed by atoms with van der Waals surface area (Å²) in [5.41, 5.74) is 1.32. The van der Waals surface area contributed by atoms with Gasteiger partial charge in [0.05, 0.1) is 17.8 Å². The van der Waals surface area contributed by atoms with Crippen molar-refractivity contribution in [1.82, 2.24) is 9.80 Å². The molecular formula is C26H26N4O6. The molecule has 0 atom stereocenters. The van der Waals surface area contributed by atoms with E-state index in [1.54, 1.807) is 66.4 Å². The summed E-state index contributed by atoms with van der Waals surface area (Å²) in [6, 6.07) is 15.4. The van der Waals surface area contributed by atoms with Gasteiger partial charge in [0.1, 0.15) is 5.76 Å². The summed E-state index contributed by atoms with van der Waals surface area (Å²) in [6.45, 7) is 4.22. The van der Waals surface area contributed by atoms with E-state index >= 15 is 0 Å². The zero-order valence-electron chi connectivity index (χ0n) is 19.8. The number of nitrogens with one attached hydrogen (secondary N) is 2. The molecule has 3 aromatic rings. The molecule has 36 heavy (non-hydrogen) atoms. The minimum Gasteiger partial charge on any atom is -0.456 e. The number of furan rings is 1. The van der Waals surface area contributed by atoms with Crippen LogP contribution in [0.5, 0.6) is 11.5 Å². The summed E-state index contributed by atoms with van der Waals surface area (Å²) in [5.74, 6) is 1.48. The van der Waals surface area contributed by atoms with E-state index in [0.717, 1.165) is 0 Å². The number of hydrogen-bond acceptors (Lipinski definition) is 7. The van der Waals surface area contributed by atoms with E-state index in [9.17, 15) is 14.4 Å². The van der Waals surface area contributed by atoms with Gasteiger partial charge in [-0.15, -0.1) is 0 Å². The number of carbonyl (C=O) groups is 3. The average molecular weight is 491 g/mol. The first-order chi connectivity index (χ1) is 17.5. The van der Waals surface area contributed by atoms with Crippen molar-refractivity contribution < 1.29 is 28.3 Å². The molecule has 2 aliphatic rings. The molecule has 3 amide bonds. The Morgan fingerprint density at radius 3 is 2.44 bits per heavy atom. The molecule has 10 heteroatoms. The molecule has 1 aromatic heterocycles. The standard InChI is InChI=1S/C26H26N4O6/c1-17-6-8-22(36-17)26(33)30-12-10-29(11-13-30)15-24(31)28-20-5-3-2-4-19(20)25(32)27-18-7-9-21-23(14-18)35-16-34-21/h2-9,14H,10-13,15-16H2,1H3,(H,27,32)(H,28,31). The maximum absolute atomic E-state index is 12.9. The topological polar surface area (TPSA) is 113 Å². The Balaban J connectivity index is 1.15. The van der Waals surface area contributed by atoms with Crippen LogP contribution in [-0.4, -0.2) is 67.0 Å². The van der Waals surface area contributed by atoms with Gasteiger partial charge < -0.3 is 29.4 Å². The molecule has 1 saturated heterocycles. The van der Waals surface area contributed by atoms with Crippen molar-refractivity contribution in [3.63, 3.8) is 0 Å². The Kier molecular flexibility index (Phi) is 6.59. The van der Waals surface area contributed by atoms with Crippen LogP contribution in [0.15, 0.2) is 59.0 Å². The zero-order chi connectivity index (χ0) is 25.1. The third kappa shape index (κ3) is 5.18. The number of carbonyl (C=O) groups excluding carboxylic acids is 3. The number of rotatable bonds is 6. The van der Waals surface area contributed by atoms with Crippen LogP contribution >= 0.6 is 0 Å². The maximum atomic E-state index is 12.9. The largest absolute Gasteiger partial charge is 0.456 e. The molecule has 2 aromatic carbocycles. The van der Waals surface area contributed by atoms with Gasteiger partial charge in [0, 0.05) is 37.9 Å². The molecular weight excluding hydrogens is 464 g/mol. The van der Waals surface area contributed by atoms with Crippen molar-refractivity contribution in [3.05, 3.63) is 71.7 Å². The predicted octanol–water partition coefficient (Wildman–Crippen LogP) is 2.97. The summed E-state index contributed by atoms with van der Waals surface area (Å²) in [5, 5.41) is 5.68. The van der Waals surface area contributed by atoms with E-state index in [0.29, 0.717) is 66.1 Å². The highest BCUT2D eigenvalue weighted by atomic mass is 16.7. The number of amides is 3. The van der Waals surface area contributed by atoms with Gasteiger partial charge in [-0.3, -0.25) is 19.3 Å². The second-order valence-electron chi connectivity index (χ2n) is 8.59. The molecule has 0 aliphatic carbocycles. The van der Waals surface area contributed by atoms with Crippen LogP contribution in [0.1, 0.15) is 26.7 Å². The number of piperazine rings is 1. The van der Waals surface area contributed by atoms with Crippen LogP contribution in [0.4, 0.5) is 11.4 Å². The van der Waals surface area contributed by atoms with Gasteiger partial charge in [0.15, 0.2) is 17.3 Å². The normalized spacial score (nSPS) is 15.0. The summed E-state index contributed by atoms with van der Waals surface area (Å²) < 4.78 is 16.1. The molecule has 5 rings (SSSR count). The van der Waals surface area contributed by atoms with Crippen LogP contribution in [0.2, 0.25) is 0 Å². The number of fused-ring (bicyclic) bond motifs is 1. The lowest BCUT2D eigenvalue weighted by atomic mass is 10.1. The molecule has 3 heterocycles. The first-order valence-corrected chi connectivity index (χ1v) is 11.6. The highest BCUT2D eigenvalue weighted by Crippen LogP contribution is 2.34. The number of ether oxygens (including phenoxy) is 2. The number of benzene rings is 2. The van der Waals surface area contributed by atoms with Crippen molar-refractivity contribution in [2.75, 3.05) is 50.2 Å². The summed E-state index contributed by atoms with van der Waals surface area (Å²) in [7, 11) is 0. The minimum atomic E-state index is -0.356. The number of hydrogen-bond donors (Lipinski definition) is 2. The Bertz CT molecular complexity index is 1300. The number of anilines is 2. The van der Waals surface area contributed by atoms with Gasteiger partial charge in [-0.1, -0.05) is 12.1 Å². The van der Waals surface area contributed by atoms with E-state index in [4.69, 9.17) is 13.9 Å². The molecule has 0 saturated carbocycles. The van der Waals surface area contributed by atoms with E-state index in [2.05, 4.69) is 10.6 Å². The molecule has 0 bridgehead atoms. The third-order valence-electron chi connectivity index (χ3n) is 6.05. The van der Waals surface area contributed by atoms with Gasteiger partial charge >= 0.3 is 0 Å². The van der Waals surface area contributed by atoms with Crippen molar-refractivity contribution in [1.29, 1.82) is 0 Å². The monoisotopic (exact) mass is 490 g/mol. The molecule has 2 aliphatic heterocycles. The first kappa shape index (κ1) is 23.4. The fourth-order valence-corrected chi connectivity index (χ4v) is 4.17. The van der Waals surface area contributed by atoms with Gasteiger partial charge in [-0.05, 0) is 43.3 Å². The number of aryl methyl sites for hydroxylation is 1. The summed E-state index contributed by atoms with van der Waals surface area (Å²) in [6.07, 6.45) is 0. The summed E-state index contributed by atoms with van der Waals surface area (Å²) >= 11 is 0. The Morgan fingerprint density at radius 1 is 0.889 bits per heavy atom. The average Bonchev–Trinajstić information content (AvgIpc) is 3.53. The van der Waals surface area contributed by atoms with Gasteiger partial charge in [0.25, 0.3) is 11.8 Å². The number of para-hydroxylation sites is 1. The molecule has 1 fully saturated rings. The van der Waals surface area contributed by atoms with Crippen LogP contribution in [0, 0.1) is 6.92 Å². The van der Waals surface area contributed by atoms with E-state index in [-0.39, 0.29) is 31.1 Å². The summed E-state index contributed by atoms with van der Waals surface area (Å²) in [4.78, 5) is 42.0. The van der Waals surface area contributed by atoms with Crippen LogP contribution < -0.4 is 20.1 Å². The van der Waals surface area contributed by atoms with E-state index in [1.807, 2.05) is 4.90 Å². The van der Waals surface area contributed by atoms with Crippen LogP contribution in [0.25, 0.3) is 0 Å². The van der Waals surface area contributed by atoms with Gasteiger partial charge in [-0.2, -0.15) is 0 Å². The number of nitrogens with zero attached hydrogens (tertiary/aromatic N) is 2. The Labute approximate surface area is 207 Å². The van der Waals surface area contributed by atoms with E-state index in [1.165, 1.54) is 0 Å². The Morgan fingerprint density at radius 2 is 1.67 bits per heavy atom. The SMILES string of the molecule is Cc1ccc(C(=O)N2CCN(CC(=O)Nc3ccccc3C(=O)Nc3ccc4c(c3)OCO4)CC2)o1. The van der Waals surface area contributed by atoms with Crippen LogP contribution in [-0.2, 0) is 4.79 Å². The Hall–Kier alpha value is -4.31. The molecule has 186 valence electrons. The fraction of sp³-hybridized carbons (Fsp3) is 0.269. The van der Waals surface area contributed by atoms with Gasteiger partial charge in [-0.25, -0.2) is 0 Å². The van der Waals surface area contributed by atoms with Gasteiger partial charge in [0.2, 0.25) is 12.7 Å². The highest BCUT2D eigenvalue weighted by molar-refractivity contribution is 6.10. The van der Waals surface area contributed by atoms with Crippen LogP contribution in [0.3, 0.4) is 0 Å². The lowest BCUT2D eigenvalue weighted by Gasteiger charge is -2.33. The van der Waals surface area contributed by atoms with Crippen molar-refractivity contribution >= 4 is 29.1 Å². The smallest absolute Gasteiger partial charge is 0.289 e. The fourth-order valence-electron chi connectivity index (χ4n) is 4.17. The molecule has 10 nitrogen and oxygen atoms in total. The van der Waals surface area contributed by atoms with E-state index < -0.39 is 0 Å². The zero-order valence-corrected chi connectivity index (χ0v) is 19.8.